The molecule has 1 fully saturated rings. The van der Waals surface area contributed by atoms with Gasteiger partial charge in [0, 0.05) is 31.4 Å². The Hall–Kier alpha value is -2.38. The molecule has 1 atom stereocenters. The van der Waals surface area contributed by atoms with Crippen molar-refractivity contribution in [1.82, 2.24) is 14.5 Å². The average Bonchev–Trinajstić information content (AvgIpc) is 3.10. The predicted molar refractivity (Wildman–Crippen MR) is 110 cm³/mol. The van der Waals surface area contributed by atoms with Crippen molar-refractivity contribution in [1.29, 1.82) is 0 Å². The summed E-state index contributed by atoms with van der Waals surface area (Å²) in [7, 11) is 0. The van der Waals surface area contributed by atoms with Gasteiger partial charge in [0.15, 0.2) is 6.10 Å². The first-order valence-electron chi connectivity index (χ1n) is 10.2. The first-order chi connectivity index (χ1) is 13.9. The molecular weight excluding hydrogens is 370 g/mol. The van der Waals surface area contributed by atoms with Crippen molar-refractivity contribution in [3.63, 3.8) is 0 Å². The SMILES string of the molecule is CC(C)(C)c1ccc(OCC2Cn3c(CN4CCOCC4)cc(=O)nc3O2)cc1. The van der Waals surface area contributed by atoms with Gasteiger partial charge >= 0.3 is 6.01 Å². The molecule has 7 nitrogen and oxygen atoms in total. The summed E-state index contributed by atoms with van der Waals surface area (Å²) in [4.78, 5) is 18.3. The van der Waals surface area contributed by atoms with Crippen LogP contribution in [0.25, 0.3) is 0 Å². The van der Waals surface area contributed by atoms with Crippen molar-refractivity contribution in [3.05, 3.63) is 51.9 Å². The molecule has 0 saturated carbocycles. The van der Waals surface area contributed by atoms with Gasteiger partial charge in [0.1, 0.15) is 12.4 Å². The van der Waals surface area contributed by atoms with Crippen LogP contribution in [0, 0.1) is 0 Å². The van der Waals surface area contributed by atoms with Gasteiger partial charge in [-0.15, -0.1) is 0 Å². The highest BCUT2D eigenvalue weighted by Crippen LogP contribution is 2.25. The van der Waals surface area contributed by atoms with Crippen molar-refractivity contribution in [2.24, 2.45) is 0 Å². The topological polar surface area (TPSA) is 65.8 Å². The molecule has 0 radical (unpaired) electrons. The summed E-state index contributed by atoms with van der Waals surface area (Å²) >= 11 is 0. The Morgan fingerprint density at radius 1 is 1.17 bits per heavy atom. The van der Waals surface area contributed by atoms with Crippen LogP contribution in [0.5, 0.6) is 11.8 Å². The lowest BCUT2D eigenvalue weighted by Gasteiger charge is -2.27. The molecule has 1 aromatic heterocycles. The summed E-state index contributed by atoms with van der Waals surface area (Å²) in [6.07, 6.45) is -0.171. The second-order valence-corrected chi connectivity index (χ2v) is 8.69. The maximum Gasteiger partial charge on any atom is 0.300 e. The summed E-state index contributed by atoms with van der Waals surface area (Å²) in [6, 6.07) is 10.2. The van der Waals surface area contributed by atoms with E-state index in [0.717, 1.165) is 37.7 Å². The molecule has 0 bridgehead atoms. The molecule has 0 spiro atoms. The molecule has 0 N–H and O–H groups in total. The van der Waals surface area contributed by atoms with Crippen molar-refractivity contribution in [2.45, 2.75) is 45.4 Å². The number of hydrogen-bond acceptors (Lipinski definition) is 6. The fraction of sp³-hybridized carbons (Fsp3) is 0.545. The number of rotatable bonds is 5. The molecule has 0 aliphatic carbocycles. The van der Waals surface area contributed by atoms with E-state index in [-0.39, 0.29) is 17.1 Å². The molecule has 7 heteroatoms. The van der Waals surface area contributed by atoms with E-state index in [1.165, 1.54) is 5.56 Å². The predicted octanol–water partition coefficient (Wildman–Crippen LogP) is 2.21. The first kappa shape index (κ1) is 19.9. The molecule has 3 heterocycles. The van der Waals surface area contributed by atoms with E-state index in [2.05, 4.69) is 42.8 Å². The van der Waals surface area contributed by atoms with Crippen molar-refractivity contribution in [3.8, 4) is 11.8 Å². The van der Waals surface area contributed by atoms with E-state index in [0.29, 0.717) is 25.7 Å². The highest BCUT2D eigenvalue weighted by atomic mass is 16.6. The Morgan fingerprint density at radius 3 is 2.59 bits per heavy atom. The van der Waals surface area contributed by atoms with Crippen LogP contribution in [0.1, 0.15) is 32.0 Å². The van der Waals surface area contributed by atoms with Gasteiger partial charge in [-0.05, 0) is 23.1 Å². The normalized spacial score (nSPS) is 19.6. The molecule has 156 valence electrons. The van der Waals surface area contributed by atoms with E-state index < -0.39 is 0 Å². The maximum absolute atomic E-state index is 12.0. The van der Waals surface area contributed by atoms with Gasteiger partial charge in [0.25, 0.3) is 5.56 Å². The fourth-order valence-corrected chi connectivity index (χ4v) is 3.65. The minimum absolute atomic E-state index is 0.115. The van der Waals surface area contributed by atoms with Gasteiger partial charge in [0.05, 0.1) is 19.8 Å². The van der Waals surface area contributed by atoms with Gasteiger partial charge in [0.2, 0.25) is 0 Å². The zero-order chi connectivity index (χ0) is 20.4. The average molecular weight is 399 g/mol. The second kappa shape index (κ2) is 8.16. The second-order valence-electron chi connectivity index (χ2n) is 8.69. The molecule has 1 saturated heterocycles. The molecule has 4 rings (SSSR count). The third kappa shape index (κ3) is 4.79. The van der Waals surface area contributed by atoms with Crippen LogP contribution >= 0.6 is 0 Å². The molecular formula is C22H29N3O4. The summed E-state index contributed by atoms with van der Waals surface area (Å²) in [5.41, 5.74) is 2.05. The smallest absolute Gasteiger partial charge is 0.300 e. The lowest BCUT2D eigenvalue weighted by molar-refractivity contribution is 0.0331. The van der Waals surface area contributed by atoms with Crippen molar-refractivity contribution < 1.29 is 14.2 Å². The van der Waals surface area contributed by atoms with E-state index in [1.807, 2.05) is 16.7 Å². The van der Waals surface area contributed by atoms with Gasteiger partial charge < -0.3 is 14.2 Å². The Balaban J connectivity index is 1.39. The summed E-state index contributed by atoms with van der Waals surface area (Å²) in [6.45, 7) is 11.5. The van der Waals surface area contributed by atoms with Crippen LogP contribution in [0.15, 0.2) is 35.1 Å². The van der Waals surface area contributed by atoms with Crippen LogP contribution in [-0.2, 0) is 23.2 Å². The molecule has 1 aromatic carbocycles. The highest BCUT2D eigenvalue weighted by molar-refractivity contribution is 5.31. The van der Waals surface area contributed by atoms with E-state index >= 15 is 0 Å². The van der Waals surface area contributed by atoms with Gasteiger partial charge in [-0.2, -0.15) is 4.98 Å². The minimum Gasteiger partial charge on any atom is -0.490 e. The number of nitrogens with zero attached hydrogens (tertiary/aromatic N) is 3. The van der Waals surface area contributed by atoms with Crippen molar-refractivity contribution >= 4 is 0 Å². The number of hydrogen-bond donors (Lipinski definition) is 0. The van der Waals surface area contributed by atoms with E-state index in [1.54, 1.807) is 6.07 Å². The van der Waals surface area contributed by atoms with Gasteiger partial charge in [-0.3, -0.25) is 14.3 Å². The number of ether oxygens (including phenoxy) is 3. The third-order valence-electron chi connectivity index (χ3n) is 5.38. The quantitative estimate of drug-likeness (QED) is 0.768. The van der Waals surface area contributed by atoms with Gasteiger partial charge in [-0.25, -0.2) is 0 Å². The van der Waals surface area contributed by atoms with Crippen LogP contribution in [0.3, 0.4) is 0 Å². The maximum atomic E-state index is 12.0. The summed E-state index contributed by atoms with van der Waals surface area (Å²) in [5, 5.41) is 0. The monoisotopic (exact) mass is 399 g/mol. The number of morpholine rings is 1. The lowest BCUT2D eigenvalue weighted by atomic mass is 9.87. The third-order valence-corrected chi connectivity index (χ3v) is 5.38. The summed E-state index contributed by atoms with van der Waals surface area (Å²) < 4.78 is 19.2. The highest BCUT2D eigenvalue weighted by Gasteiger charge is 2.27. The largest absolute Gasteiger partial charge is 0.490 e. The van der Waals surface area contributed by atoms with Crippen molar-refractivity contribution in [2.75, 3.05) is 32.9 Å². The minimum atomic E-state index is -0.265. The lowest BCUT2D eigenvalue weighted by Crippen LogP contribution is -2.36. The number of fused-ring (bicyclic) bond motifs is 1. The molecule has 29 heavy (non-hydrogen) atoms. The molecule has 1 unspecified atom stereocenters. The van der Waals surface area contributed by atoms with E-state index in [4.69, 9.17) is 14.2 Å². The number of benzene rings is 1. The van der Waals surface area contributed by atoms with Gasteiger partial charge in [-0.1, -0.05) is 32.9 Å². The van der Waals surface area contributed by atoms with E-state index in [9.17, 15) is 4.79 Å². The Labute approximate surface area is 171 Å². The van der Waals surface area contributed by atoms with Crippen LogP contribution in [0.2, 0.25) is 0 Å². The summed E-state index contributed by atoms with van der Waals surface area (Å²) in [5.74, 6) is 0.813. The Morgan fingerprint density at radius 2 is 1.90 bits per heavy atom. The molecule has 0 amide bonds. The fourth-order valence-electron chi connectivity index (χ4n) is 3.65. The number of aromatic nitrogens is 2. The van der Waals surface area contributed by atoms with Crippen LogP contribution in [-0.4, -0.2) is 53.5 Å². The Bertz CT molecular complexity index is 896. The molecule has 2 aliphatic heterocycles. The zero-order valence-electron chi connectivity index (χ0n) is 17.4. The molecule has 2 aliphatic rings. The Kier molecular flexibility index (Phi) is 5.61. The molecule has 2 aromatic rings. The standard InChI is InChI=1S/C22H29N3O4/c1-22(2,3)16-4-6-18(7-5-16)28-15-19-14-25-17(12-20(26)23-21(25)29-19)13-24-8-10-27-11-9-24/h4-7,12,19H,8-11,13-15H2,1-3H3. The van der Waals surface area contributed by atoms with Crippen LogP contribution < -0.4 is 15.0 Å². The van der Waals surface area contributed by atoms with Crippen LogP contribution in [0.4, 0.5) is 0 Å². The zero-order valence-corrected chi connectivity index (χ0v) is 17.4. The first-order valence-corrected chi connectivity index (χ1v) is 10.2.